The number of hydrogen-bond donors (Lipinski definition) is 1. The average Bonchev–Trinajstić information content (AvgIpc) is 3.33. The van der Waals surface area contributed by atoms with Crippen LogP contribution < -0.4 is 10.0 Å². The molecule has 3 aliphatic rings. The number of fused-ring (bicyclic) bond motifs is 1. The second-order valence-electron chi connectivity index (χ2n) is 7.70. The van der Waals surface area contributed by atoms with Gasteiger partial charge in [0.25, 0.3) is 0 Å². The van der Waals surface area contributed by atoms with Crippen LogP contribution in [0.5, 0.6) is 0 Å². The van der Waals surface area contributed by atoms with Crippen LogP contribution in [0.2, 0.25) is 0 Å². The molecule has 0 spiro atoms. The number of carbonyl (C=O) groups excluding carboxylic acids is 2. The minimum Gasteiger partial charge on any atom is -0.340 e. The van der Waals surface area contributed by atoms with Gasteiger partial charge < -0.3 is 9.80 Å². The summed E-state index contributed by atoms with van der Waals surface area (Å²) in [6.45, 7) is 3.03. The third-order valence-corrected chi connectivity index (χ3v) is 7.74. The average molecular weight is 439 g/mol. The van der Waals surface area contributed by atoms with Crippen molar-refractivity contribution in [3.8, 4) is 0 Å². The molecule has 0 aliphatic carbocycles. The SMILES string of the molecule is NS(=O)(=O)c1ccc2c(c1)CCN2C(=O)CN1CCCC1C(=O)N1CCSCC1. The number of anilines is 1. The van der Waals surface area contributed by atoms with Crippen molar-refractivity contribution in [2.45, 2.75) is 30.2 Å². The summed E-state index contributed by atoms with van der Waals surface area (Å²) in [5.74, 6) is 2.04. The van der Waals surface area contributed by atoms with Crippen LogP contribution in [0.25, 0.3) is 0 Å². The van der Waals surface area contributed by atoms with Crippen molar-refractivity contribution >= 4 is 39.3 Å². The van der Waals surface area contributed by atoms with E-state index in [2.05, 4.69) is 0 Å². The highest BCUT2D eigenvalue weighted by atomic mass is 32.2. The first-order valence-corrected chi connectivity index (χ1v) is 12.6. The van der Waals surface area contributed by atoms with Crippen molar-refractivity contribution in [3.05, 3.63) is 23.8 Å². The monoisotopic (exact) mass is 438 g/mol. The summed E-state index contributed by atoms with van der Waals surface area (Å²) in [6, 6.07) is 4.43. The molecule has 0 saturated carbocycles. The Bertz CT molecular complexity index is 915. The number of benzene rings is 1. The van der Waals surface area contributed by atoms with Crippen molar-refractivity contribution in [2.75, 3.05) is 49.1 Å². The molecule has 0 aromatic heterocycles. The molecule has 1 aromatic rings. The Morgan fingerprint density at radius 1 is 1.14 bits per heavy atom. The van der Waals surface area contributed by atoms with Gasteiger partial charge in [-0.25, -0.2) is 13.6 Å². The lowest BCUT2D eigenvalue weighted by Crippen LogP contribution is -2.50. The minimum absolute atomic E-state index is 0.0546. The number of hydrogen-bond acceptors (Lipinski definition) is 6. The Kier molecular flexibility index (Phi) is 5.87. The molecule has 10 heteroatoms. The molecule has 1 unspecified atom stereocenters. The summed E-state index contributed by atoms with van der Waals surface area (Å²) < 4.78 is 23.1. The number of rotatable bonds is 4. The van der Waals surface area contributed by atoms with E-state index in [4.69, 9.17) is 5.14 Å². The molecule has 2 amide bonds. The van der Waals surface area contributed by atoms with Crippen molar-refractivity contribution < 1.29 is 18.0 Å². The van der Waals surface area contributed by atoms with E-state index in [9.17, 15) is 18.0 Å². The molecule has 0 radical (unpaired) electrons. The summed E-state index contributed by atoms with van der Waals surface area (Å²) in [5, 5.41) is 5.21. The molecule has 2 saturated heterocycles. The van der Waals surface area contributed by atoms with Gasteiger partial charge in [-0.05, 0) is 49.6 Å². The van der Waals surface area contributed by atoms with Crippen LogP contribution in [0.1, 0.15) is 18.4 Å². The zero-order valence-corrected chi connectivity index (χ0v) is 17.9. The van der Waals surface area contributed by atoms with Gasteiger partial charge in [0.2, 0.25) is 21.8 Å². The fourth-order valence-corrected chi connectivity index (χ4v) is 5.83. The van der Waals surface area contributed by atoms with E-state index in [-0.39, 0.29) is 29.3 Å². The standard InChI is InChI=1S/C19H26N4O4S2/c20-29(26,27)15-3-4-16-14(12-15)5-7-23(16)18(24)13-22-6-1-2-17(22)19(25)21-8-10-28-11-9-21/h3-4,12,17H,1-2,5-11,13H2,(H2,20,26,27). The summed E-state index contributed by atoms with van der Waals surface area (Å²) in [5.41, 5.74) is 1.54. The number of nitrogens with zero attached hydrogens (tertiary/aromatic N) is 3. The number of amides is 2. The Morgan fingerprint density at radius 2 is 1.90 bits per heavy atom. The van der Waals surface area contributed by atoms with Gasteiger partial charge >= 0.3 is 0 Å². The van der Waals surface area contributed by atoms with Gasteiger partial charge in [-0.2, -0.15) is 11.8 Å². The van der Waals surface area contributed by atoms with E-state index >= 15 is 0 Å². The first-order chi connectivity index (χ1) is 13.8. The number of primary sulfonamides is 1. The van der Waals surface area contributed by atoms with Gasteiger partial charge in [-0.15, -0.1) is 0 Å². The third-order valence-electron chi connectivity index (χ3n) is 5.89. The van der Waals surface area contributed by atoms with E-state index in [1.54, 1.807) is 17.0 Å². The van der Waals surface area contributed by atoms with Crippen LogP contribution in [0.15, 0.2) is 23.1 Å². The Labute approximate surface area is 175 Å². The first kappa shape index (κ1) is 20.6. The fraction of sp³-hybridized carbons (Fsp3) is 0.579. The van der Waals surface area contributed by atoms with Crippen molar-refractivity contribution in [2.24, 2.45) is 5.14 Å². The van der Waals surface area contributed by atoms with E-state index in [1.807, 2.05) is 21.6 Å². The lowest BCUT2D eigenvalue weighted by molar-refractivity contribution is -0.136. The molecule has 1 aromatic carbocycles. The van der Waals surface area contributed by atoms with Crippen LogP contribution in [-0.2, 0) is 26.0 Å². The first-order valence-electron chi connectivity index (χ1n) is 9.91. The number of likely N-dealkylation sites (tertiary alicyclic amines) is 1. The molecule has 1 atom stereocenters. The van der Waals surface area contributed by atoms with Crippen LogP contribution in [-0.4, -0.2) is 80.3 Å². The smallest absolute Gasteiger partial charge is 0.241 e. The molecule has 158 valence electrons. The van der Waals surface area contributed by atoms with Crippen LogP contribution >= 0.6 is 11.8 Å². The maximum Gasteiger partial charge on any atom is 0.241 e. The largest absolute Gasteiger partial charge is 0.340 e. The normalized spacial score (nSPS) is 22.7. The topological polar surface area (TPSA) is 104 Å². The maximum absolute atomic E-state index is 13.0. The quantitative estimate of drug-likeness (QED) is 0.723. The molecule has 3 heterocycles. The summed E-state index contributed by atoms with van der Waals surface area (Å²) in [4.78, 5) is 31.6. The summed E-state index contributed by atoms with van der Waals surface area (Å²) in [7, 11) is -3.76. The highest BCUT2D eigenvalue weighted by Crippen LogP contribution is 2.30. The van der Waals surface area contributed by atoms with E-state index in [0.29, 0.717) is 13.0 Å². The highest BCUT2D eigenvalue weighted by Gasteiger charge is 2.36. The molecule has 8 nitrogen and oxygen atoms in total. The maximum atomic E-state index is 13.0. The third kappa shape index (κ3) is 4.30. The lowest BCUT2D eigenvalue weighted by atomic mass is 10.2. The zero-order valence-electron chi connectivity index (χ0n) is 16.2. The van der Waals surface area contributed by atoms with E-state index in [1.165, 1.54) is 6.07 Å². The molecular formula is C19H26N4O4S2. The second-order valence-corrected chi connectivity index (χ2v) is 10.5. The molecule has 3 aliphatic heterocycles. The predicted octanol–water partition coefficient (Wildman–Crippen LogP) is 0.263. The fourth-order valence-electron chi connectivity index (χ4n) is 4.36. The van der Waals surface area contributed by atoms with Crippen LogP contribution in [0.3, 0.4) is 0 Å². The van der Waals surface area contributed by atoms with Crippen molar-refractivity contribution in [1.82, 2.24) is 9.80 Å². The lowest BCUT2D eigenvalue weighted by Gasteiger charge is -2.32. The van der Waals surface area contributed by atoms with Gasteiger partial charge in [-0.1, -0.05) is 0 Å². The Balaban J connectivity index is 1.44. The van der Waals surface area contributed by atoms with Gasteiger partial charge in [0.15, 0.2) is 0 Å². The molecule has 0 bridgehead atoms. The van der Waals surface area contributed by atoms with Gasteiger partial charge in [-0.3, -0.25) is 14.5 Å². The summed E-state index contributed by atoms with van der Waals surface area (Å²) >= 11 is 1.87. The molecule has 29 heavy (non-hydrogen) atoms. The molecule has 2 fully saturated rings. The number of carbonyl (C=O) groups is 2. The molecular weight excluding hydrogens is 412 g/mol. The number of thioether (sulfide) groups is 1. The van der Waals surface area contributed by atoms with Crippen LogP contribution in [0, 0.1) is 0 Å². The molecule has 2 N–H and O–H groups in total. The Hall–Kier alpha value is -1.62. The zero-order chi connectivity index (χ0) is 20.6. The second kappa shape index (κ2) is 8.25. The number of sulfonamides is 1. The highest BCUT2D eigenvalue weighted by molar-refractivity contribution is 7.99. The van der Waals surface area contributed by atoms with Gasteiger partial charge in [0.05, 0.1) is 17.5 Å². The summed E-state index contributed by atoms with van der Waals surface area (Å²) in [6.07, 6.45) is 2.31. The van der Waals surface area contributed by atoms with Crippen molar-refractivity contribution in [3.63, 3.8) is 0 Å². The van der Waals surface area contributed by atoms with Crippen molar-refractivity contribution in [1.29, 1.82) is 0 Å². The Morgan fingerprint density at radius 3 is 2.62 bits per heavy atom. The predicted molar refractivity (Wildman–Crippen MR) is 112 cm³/mol. The minimum atomic E-state index is -3.76. The van der Waals surface area contributed by atoms with E-state index < -0.39 is 10.0 Å². The van der Waals surface area contributed by atoms with Gasteiger partial charge in [0.1, 0.15) is 0 Å². The van der Waals surface area contributed by atoms with Gasteiger partial charge in [0, 0.05) is 36.8 Å². The van der Waals surface area contributed by atoms with E-state index in [0.717, 1.165) is 55.2 Å². The van der Waals surface area contributed by atoms with Crippen LogP contribution in [0.4, 0.5) is 5.69 Å². The number of nitrogens with two attached hydrogens (primary N) is 1. The molecule has 4 rings (SSSR count).